The van der Waals surface area contributed by atoms with E-state index in [1.165, 1.54) is 11.8 Å². The maximum absolute atomic E-state index is 12.8. The summed E-state index contributed by atoms with van der Waals surface area (Å²) in [4.78, 5) is 15.6. The Hall–Kier alpha value is -2.02. The van der Waals surface area contributed by atoms with E-state index in [0.29, 0.717) is 34.1 Å². The molecule has 0 bridgehead atoms. The maximum Gasteiger partial charge on any atom is 0.247 e. The van der Waals surface area contributed by atoms with Crippen LogP contribution in [0.25, 0.3) is 11.5 Å². The highest BCUT2D eigenvalue weighted by molar-refractivity contribution is 8.00. The van der Waals surface area contributed by atoms with Crippen molar-refractivity contribution in [2.24, 2.45) is 0 Å². The van der Waals surface area contributed by atoms with Gasteiger partial charge in [-0.1, -0.05) is 23.2 Å². The number of nitrogens with zero attached hydrogens (tertiary/aromatic N) is 3. The molecule has 28 heavy (non-hydrogen) atoms. The Balaban J connectivity index is 1.40. The van der Waals surface area contributed by atoms with E-state index >= 15 is 0 Å². The zero-order chi connectivity index (χ0) is 19.5. The molecule has 1 aromatic heterocycles. The zero-order valence-corrected chi connectivity index (χ0v) is 17.2. The lowest BCUT2D eigenvalue weighted by Gasteiger charge is -2.20. The number of hydrogen-bond acceptors (Lipinski definition) is 5. The second kappa shape index (κ2) is 8.55. The third-order valence-electron chi connectivity index (χ3n) is 4.35. The van der Waals surface area contributed by atoms with Crippen molar-refractivity contribution in [2.75, 3.05) is 5.75 Å². The van der Waals surface area contributed by atoms with Gasteiger partial charge in [-0.15, -0.1) is 22.0 Å². The van der Waals surface area contributed by atoms with Crippen molar-refractivity contribution in [1.82, 2.24) is 15.1 Å². The van der Waals surface area contributed by atoms with Crippen molar-refractivity contribution in [3.63, 3.8) is 0 Å². The molecule has 8 heteroatoms. The van der Waals surface area contributed by atoms with Crippen molar-refractivity contribution >= 4 is 40.9 Å². The first kappa shape index (κ1) is 19.3. The van der Waals surface area contributed by atoms with Gasteiger partial charge in [0.05, 0.1) is 12.3 Å². The fourth-order valence-corrected chi connectivity index (χ4v) is 3.77. The van der Waals surface area contributed by atoms with Gasteiger partial charge in [0.25, 0.3) is 0 Å². The second-order valence-electron chi connectivity index (χ2n) is 6.50. The zero-order valence-electron chi connectivity index (χ0n) is 14.8. The van der Waals surface area contributed by atoms with Gasteiger partial charge in [0.15, 0.2) is 0 Å². The SMILES string of the molecule is O=C(CSc1ccc(Cl)cc1)N(Cc1nnc(-c2ccc(Cl)cc2)o1)C1CC1. The van der Waals surface area contributed by atoms with E-state index in [2.05, 4.69) is 10.2 Å². The van der Waals surface area contributed by atoms with Gasteiger partial charge in [0.1, 0.15) is 0 Å². The van der Waals surface area contributed by atoms with E-state index in [9.17, 15) is 4.79 Å². The van der Waals surface area contributed by atoms with Gasteiger partial charge in [-0.05, 0) is 61.4 Å². The van der Waals surface area contributed by atoms with Gasteiger partial charge in [-0.2, -0.15) is 0 Å². The molecule has 5 nitrogen and oxygen atoms in total. The summed E-state index contributed by atoms with van der Waals surface area (Å²) < 4.78 is 5.76. The fourth-order valence-electron chi connectivity index (χ4n) is 2.74. The molecule has 3 aromatic rings. The standard InChI is InChI=1S/C20H17Cl2N3O2S/c21-14-3-1-13(2-4-14)20-24-23-18(27-20)11-25(16-7-8-16)19(26)12-28-17-9-5-15(22)6-10-17/h1-6,9-10,16H,7-8,11-12H2. The molecule has 4 rings (SSSR count). The number of rotatable bonds is 7. The van der Waals surface area contributed by atoms with Crippen molar-refractivity contribution in [3.05, 3.63) is 64.5 Å². The molecule has 0 aliphatic heterocycles. The smallest absolute Gasteiger partial charge is 0.247 e. The number of hydrogen-bond donors (Lipinski definition) is 0. The van der Waals surface area contributed by atoms with Crippen molar-refractivity contribution in [3.8, 4) is 11.5 Å². The quantitative estimate of drug-likeness (QED) is 0.471. The number of carbonyl (C=O) groups excluding carboxylic acids is 1. The Morgan fingerprint density at radius 3 is 2.32 bits per heavy atom. The van der Waals surface area contributed by atoms with Crippen LogP contribution >= 0.6 is 35.0 Å². The van der Waals surface area contributed by atoms with Crippen molar-refractivity contribution < 1.29 is 9.21 Å². The van der Waals surface area contributed by atoms with Gasteiger partial charge in [-0.25, -0.2) is 0 Å². The Kier molecular flexibility index (Phi) is 5.90. The van der Waals surface area contributed by atoms with Crippen LogP contribution in [0.1, 0.15) is 18.7 Å². The molecular formula is C20H17Cl2N3O2S. The Labute approximate surface area is 177 Å². The molecule has 0 spiro atoms. The van der Waals surface area contributed by atoms with Gasteiger partial charge in [-0.3, -0.25) is 4.79 Å². The van der Waals surface area contributed by atoms with Gasteiger partial charge < -0.3 is 9.32 Å². The van der Waals surface area contributed by atoms with Crippen LogP contribution in [0.2, 0.25) is 10.0 Å². The summed E-state index contributed by atoms with van der Waals surface area (Å²) in [7, 11) is 0. The lowest BCUT2D eigenvalue weighted by atomic mass is 10.2. The number of aromatic nitrogens is 2. The Morgan fingerprint density at radius 2 is 1.68 bits per heavy atom. The summed E-state index contributed by atoms with van der Waals surface area (Å²) in [5, 5.41) is 9.53. The van der Waals surface area contributed by atoms with Gasteiger partial charge in [0.2, 0.25) is 17.7 Å². The summed E-state index contributed by atoms with van der Waals surface area (Å²) >= 11 is 13.3. The van der Waals surface area contributed by atoms with Crippen LogP contribution in [0.4, 0.5) is 0 Å². The van der Waals surface area contributed by atoms with E-state index in [-0.39, 0.29) is 11.9 Å². The average Bonchev–Trinajstić information content (AvgIpc) is 3.44. The Morgan fingerprint density at radius 1 is 1.04 bits per heavy atom. The van der Waals surface area contributed by atoms with Crippen LogP contribution < -0.4 is 0 Å². The van der Waals surface area contributed by atoms with Gasteiger partial charge >= 0.3 is 0 Å². The molecule has 0 atom stereocenters. The molecule has 0 unspecified atom stereocenters. The topological polar surface area (TPSA) is 59.2 Å². The first-order chi connectivity index (χ1) is 13.6. The van der Waals surface area contributed by atoms with E-state index in [0.717, 1.165) is 23.3 Å². The molecule has 2 aromatic carbocycles. The van der Waals surface area contributed by atoms with Crippen LogP contribution in [0.3, 0.4) is 0 Å². The first-order valence-electron chi connectivity index (χ1n) is 8.84. The maximum atomic E-state index is 12.8. The van der Waals surface area contributed by atoms with Crippen LogP contribution in [0.5, 0.6) is 0 Å². The van der Waals surface area contributed by atoms with Gasteiger partial charge in [0, 0.05) is 26.5 Å². The molecular weight excluding hydrogens is 417 g/mol. The minimum Gasteiger partial charge on any atom is -0.419 e. The minimum atomic E-state index is 0.0636. The largest absolute Gasteiger partial charge is 0.419 e. The van der Waals surface area contributed by atoms with Crippen LogP contribution in [-0.4, -0.2) is 32.8 Å². The molecule has 0 radical (unpaired) electrons. The summed E-state index contributed by atoms with van der Waals surface area (Å²) in [5.41, 5.74) is 0.797. The molecule has 1 aliphatic rings. The second-order valence-corrected chi connectivity index (χ2v) is 8.42. The summed E-state index contributed by atoms with van der Waals surface area (Å²) in [6.07, 6.45) is 2.02. The molecule has 1 fully saturated rings. The van der Waals surface area contributed by atoms with E-state index < -0.39 is 0 Å². The summed E-state index contributed by atoms with van der Waals surface area (Å²) in [6.45, 7) is 0.325. The third kappa shape index (κ3) is 4.87. The third-order valence-corrected chi connectivity index (χ3v) is 5.85. The first-order valence-corrected chi connectivity index (χ1v) is 10.6. The summed E-state index contributed by atoms with van der Waals surface area (Å²) in [5.74, 6) is 1.27. The molecule has 144 valence electrons. The van der Waals surface area contributed by atoms with Crippen LogP contribution in [-0.2, 0) is 11.3 Å². The number of amides is 1. The highest BCUT2D eigenvalue weighted by Gasteiger charge is 2.33. The predicted octanol–water partition coefficient (Wildman–Crippen LogP) is 5.33. The highest BCUT2D eigenvalue weighted by Crippen LogP contribution is 2.30. The number of thioether (sulfide) groups is 1. The highest BCUT2D eigenvalue weighted by atomic mass is 35.5. The fraction of sp³-hybridized carbons (Fsp3) is 0.250. The predicted molar refractivity (Wildman–Crippen MR) is 110 cm³/mol. The van der Waals surface area contributed by atoms with Crippen molar-refractivity contribution in [2.45, 2.75) is 30.3 Å². The average molecular weight is 434 g/mol. The van der Waals surface area contributed by atoms with Crippen molar-refractivity contribution in [1.29, 1.82) is 0 Å². The molecule has 1 saturated carbocycles. The monoisotopic (exact) mass is 433 g/mol. The molecule has 0 N–H and O–H groups in total. The van der Waals surface area contributed by atoms with E-state index in [4.69, 9.17) is 27.6 Å². The number of carbonyl (C=O) groups is 1. The van der Waals surface area contributed by atoms with E-state index in [1.807, 2.05) is 41.3 Å². The molecule has 0 saturated heterocycles. The Bertz CT molecular complexity index is 956. The van der Waals surface area contributed by atoms with E-state index in [1.54, 1.807) is 12.1 Å². The lowest BCUT2D eigenvalue weighted by Crippen LogP contribution is -2.34. The number of benzene rings is 2. The molecule has 1 amide bonds. The summed E-state index contributed by atoms with van der Waals surface area (Å²) in [6, 6.07) is 14.9. The van der Waals surface area contributed by atoms with Crippen LogP contribution in [0.15, 0.2) is 57.8 Å². The number of halogens is 2. The van der Waals surface area contributed by atoms with Crippen LogP contribution in [0, 0.1) is 0 Å². The lowest BCUT2D eigenvalue weighted by molar-refractivity contribution is -0.129. The minimum absolute atomic E-state index is 0.0636. The molecule has 1 aliphatic carbocycles. The molecule has 1 heterocycles. The normalized spacial score (nSPS) is 13.5.